The average molecular weight is 285 g/mol. The normalized spacial score (nSPS) is 10.4. The summed E-state index contributed by atoms with van der Waals surface area (Å²) in [6.07, 6.45) is 1.48. The number of aromatic amines is 1. The Labute approximate surface area is 120 Å². The smallest absolute Gasteiger partial charge is 0.258 e. The van der Waals surface area contributed by atoms with Crippen LogP contribution in [0, 0.1) is 5.82 Å². The topological polar surface area (TPSA) is 60.0 Å². The van der Waals surface area contributed by atoms with Gasteiger partial charge in [0.15, 0.2) is 11.6 Å². The number of hydrogen-bond donors (Lipinski definition) is 1. The standard InChI is InChI=1S/C15H12FN3O2/c1-20-14-8-11(4-7-13(14)16)10-2-5-12(6-3-10)21-15-9-17-19-18-15/h2-9H,1H3,(H,17,18,19). The Morgan fingerprint density at radius 2 is 1.81 bits per heavy atom. The van der Waals surface area contributed by atoms with E-state index >= 15 is 0 Å². The Kier molecular flexibility index (Phi) is 3.51. The summed E-state index contributed by atoms with van der Waals surface area (Å²) in [7, 11) is 1.44. The van der Waals surface area contributed by atoms with Gasteiger partial charge in [0.25, 0.3) is 5.88 Å². The molecule has 0 amide bonds. The third-order valence-electron chi connectivity index (χ3n) is 2.95. The van der Waals surface area contributed by atoms with Crippen LogP contribution in [0.3, 0.4) is 0 Å². The van der Waals surface area contributed by atoms with Gasteiger partial charge in [0, 0.05) is 0 Å². The van der Waals surface area contributed by atoms with Crippen molar-refractivity contribution < 1.29 is 13.9 Å². The molecule has 0 aliphatic heterocycles. The molecular weight excluding hydrogens is 273 g/mol. The molecule has 6 heteroatoms. The Bertz CT molecular complexity index is 727. The Hall–Kier alpha value is -2.89. The van der Waals surface area contributed by atoms with Gasteiger partial charge in [-0.25, -0.2) is 4.39 Å². The van der Waals surface area contributed by atoms with Crippen molar-refractivity contribution in [3.05, 3.63) is 54.5 Å². The van der Waals surface area contributed by atoms with Crippen LogP contribution in [0.2, 0.25) is 0 Å². The summed E-state index contributed by atoms with van der Waals surface area (Å²) in [5.41, 5.74) is 1.79. The highest BCUT2D eigenvalue weighted by Crippen LogP contribution is 2.28. The first-order valence-electron chi connectivity index (χ1n) is 6.24. The lowest BCUT2D eigenvalue weighted by molar-refractivity contribution is 0.387. The van der Waals surface area contributed by atoms with Gasteiger partial charge in [-0.2, -0.15) is 10.3 Å². The van der Waals surface area contributed by atoms with Gasteiger partial charge in [-0.1, -0.05) is 18.2 Å². The van der Waals surface area contributed by atoms with Crippen molar-refractivity contribution in [1.82, 2.24) is 15.4 Å². The van der Waals surface area contributed by atoms with Crippen LogP contribution < -0.4 is 9.47 Å². The summed E-state index contributed by atoms with van der Waals surface area (Å²) in [4.78, 5) is 0. The van der Waals surface area contributed by atoms with Crippen LogP contribution in [0.1, 0.15) is 0 Å². The number of ether oxygens (including phenoxy) is 2. The molecule has 1 aromatic heterocycles. The second-order valence-electron chi connectivity index (χ2n) is 4.28. The molecule has 3 rings (SSSR count). The van der Waals surface area contributed by atoms with Crippen molar-refractivity contribution in [3.8, 4) is 28.5 Å². The lowest BCUT2D eigenvalue weighted by Crippen LogP contribution is -1.89. The first kappa shape index (κ1) is 13.1. The van der Waals surface area contributed by atoms with Crippen molar-refractivity contribution in [3.63, 3.8) is 0 Å². The lowest BCUT2D eigenvalue weighted by Gasteiger charge is -2.07. The fourth-order valence-electron chi connectivity index (χ4n) is 1.92. The van der Waals surface area contributed by atoms with Gasteiger partial charge >= 0.3 is 0 Å². The van der Waals surface area contributed by atoms with Crippen LogP contribution in [0.15, 0.2) is 48.7 Å². The predicted octanol–water partition coefficient (Wildman–Crippen LogP) is 3.41. The maximum Gasteiger partial charge on any atom is 0.258 e. The number of rotatable bonds is 4. The Morgan fingerprint density at radius 1 is 1.05 bits per heavy atom. The first-order valence-corrected chi connectivity index (χ1v) is 6.24. The molecule has 2 aromatic carbocycles. The van der Waals surface area contributed by atoms with E-state index in [2.05, 4.69) is 15.4 Å². The number of aromatic nitrogens is 3. The minimum Gasteiger partial charge on any atom is -0.494 e. The van der Waals surface area contributed by atoms with E-state index in [1.807, 2.05) is 12.1 Å². The van der Waals surface area contributed by atoms with Crippen LogP contribution in [-0.4, -0.2) is 22.5 Å². The highest BCUT2D eigenvalue weighted by Gasteiger charge is 2.06. The Morgan fingerprint density at radius 3 is 2.48 bits per heavy atom. The van der Waals surface area contributed by atoms with E-state index in [-0.39, 0.29) is 11.6 Å². The van der Waals surface area contributed by atoms with Crippen molar-refractivity contribution in [2.45, 2.75) is 0 Å². The highest BCUT2D eigenvalue weighted by molar-refractivity contribution is 5.66. The maximum atomic E-state index is 13.4. The zero-order valence-electron chi connectivity index (χ0n) is 11.2. The average Bonchev–Trinajstić information content (AvgIpc) is 3.02. The fourth-order valence-corrected chi connectivity index (χ4v) is 1.92. The third kappa shape index (κ3) is 2.84. The van der Waals surface area contributed by atoms with E-state index in [1.54, 1.807) is 24.3 Å². The van der Waals surface area contributed by atoms with Gasteiger partial charge in [-0.3, -0.25) is 0 Å². The van der Waals surface area contributed by atoms with E-state index < -0.39 is 0 Å². The zero-order chi connectivity index (χ0) is 14.7. The molecule has 5 nitrogen and oxygen atoms in total. The molecule has 21 heavy (non-hydrogen) atoms. The largest absolute Gasteiger partial charge is 0.494 e. The summed E-state index contributed by atoms with van der Waals surface area (Å²) in [5.74, 6) is 0.871. The monoisotopic (exact) mass is 285 g/mol. The van der Waals surface area contributed by atoms with E-state index in [0.717, 1.165) is 11.1 Å². The zero-order valence-corrected chi connectivity index (χ0v) is 11.2. The molecule has 0 saturated heterocycles. The molecule has 0 saturated carbocycles. The van der Waals surface area contributed by atoms with E-state index in [9.17, 15) is 4.39 Å². The minimum atomic E-state index is -0.382. The molecule has 0 aliphatic carbocycles. The lowest BCUT2D eigenvalue weighted by atomic mass is 10.1. The number of nitrogens with one attached hydrogen (secondary N) is 1. The minimum absolute atomic E-state index is 0.218. The molecule has 0 bridgehead atoms. The van der Waals surface area contributed by atoms with Crippen LogP contribution in [0.25, 0.3) is 11.1 Å². The SMILES string of the molecule is COc1cc(-c2ccc(Oc3cn[nH]n3)cc2)ccc1F. The third-order valence-corrected chi connectivity index (χ3v) is 2.95. The van der Waals surface area contributed by atoms with Gasteiger partial charge in [0.1, 0.15) is 11.9 Å². The number of benzene rings is 2. The maximum absolute atomic E-state index is 13.4. The summed E-state index contributed by atoms with van der Waals surface area (Å²) in [6.45, 7) is 0. The van der Waals surface area contributed by atoms with Crippen molar-refractivity contribution in [2.24, 2.45) is 0 Å². The van der Waals surface area contributed by atoms with Gasteiger partial charge in [-0.05, 0) is 35.4 Å². The molecule has 1 heterocycles. The van der Waals surface area contributed by atoms with Crippen LogP contribution >= 0.6 is 0 Å². The molecule has 0 atom stereocenters. The second-order valence-corrected chi connectivity index (χ2v) is 4.28. The summed E-state index contributed by atoms with van der Waals surface area (Å²) < 4.78 is 23.9. The molecule has 0 radical (unpaired) electrons. The van der Waals surface area contributed by atoms with Crippen molar-refractivity contribution >= 4 is 0 Å². The second kappa shape index (κ2) is 5.62. The van der Waals surface area contributed by atoms with Gasteiger partial charge in [0.05, 0.1) is 7.11 Å². The molecule has 3 aromatic rings. The predicted molar refractivity (Wildman–Crippen MR) is 74.8 cm³/mol. The number of H-pyrrole nitrogens is 1. The molecule has 0 spiro atoms. The molecule has 0 unspecified atom stereocenters. The fraction of sp³-hybridized carbons (Fsp3) is 0.0667. The van der Waals surface area contributed by atoms with Gasteiger partial charge < -0.3 is 9.47 Å². The van der Waals surface area contributed by atoms with Crippen LogP contribution in [0.5, 0.6) is 17.4 Å². The van der Waals surface area contributed by atoms with E-state index in [1.165, 1.54) is 19.4 Å². The number of hydrogen-bond acceptors (Lipinski definition) is 4. The van der Waals surface area contributed by atoms with Crippen LogP contribution in [0.4, 0.5) is 4.39 Å². The Balaban J connectivity index is 1.83. The summed E-state index contributed by atoms with van der Waals surface area (Å²) in [6, 6.07) is 12.1. The number of nitrogens with zero attached hydrogens (tertiary/aromatic N) is 2. The highest BCUT2D eigenvalue weighted by atomic mass is 19.1. The molecule has 0 aliphatic rings. The summed E-state index contributed by atoms with van der Waals surface area (Å²) in [5, 5.41) is 9.94. The molecule has 1 N–H and O–H groups in total. The molecular formula is C15H12FN3O2. The van der Waals surface area contributed by atoms with E-state index in [4.69, 9.17) is 9.47 Å². The molecule has 0 fully saturated rings. The first-order chi connectivity index (χ1) is 10.3. The van der Waals surface area contributed by atoms with Crippen molar-refractivity contribution in [1.29, 1.82) is 0 Å². The summed E-state index contributed by atoms with van der Waals surface area (Å²) >= 11 is 0. The van der Waals surface area contributed by atoms with Crippen molar-refractivity contribution in [2.75, 3.05) is 7.11 Å². The number of halogens is 1. The van der Waals surface area contributed by atoms with Gasteiger partial charge in [-0.15, -0.1) is 5.10 Å². The van der Waals surface area contributed by atoms with Gasteiger partial charge in [0.2, 0.25) is 0 Å². The number of methoxy groups -OCH3 is 1. The van der Waals surface area contributed by atoms with E-state index in [0.29, 0.717) is 11.6 Å². The quantitative estimate of drug-likeness (QED) is 0.798. The molecule has 106 valence electrons. The van der Waals surface area contributed by atoms with Crippen LogP contribution in [-0.2, 0) is 0 Å².